The molecule has 0 aliphatic carbocycles. The summed E-state index contributed by atoms with van der Waals surface area (Å²) in [6.45, 7) is 4.53. The van der Waals surface area contributed by atoms with Gasteiger partial charge in [0.15, 0.2) is 11.5 Å². The molecule has 2 aromatic rings. The number of ether oxygens (including phenoxy) is 2. The lowest BCUT2D eigenvalue weighted by molar-refractivity contribution is 0.377. The van der Waals surface area contributed by atoms with E-state index in [-0.39, 0.29) is 0 Å². The molecule has 19 heavy (non-hydrogen) atoms. The number of hydrogen-bond acceptors (Lipinski definition) is 3. The smallest absolute Gasteiger partial charge is 0.169 e. The van der Waals surface area contributed by atoms with Crippen molar-refractivity contribution in [3.05, 3.63) is 53.1 Å². The fourth-order valence-corrected chi connectivity index (χ4v) is 1.86. The number of benzene rings is 2. The molecule has 0 unspecified atom stereocenters. The second-order valence-corrected chi connectivity index (χ2v) is 4.56. The van der Waals surface area contributed by atoms with Gasteiger partial charge in [0.1, 0.15) is 5.75 Å². The summed E-state index contributed by atoms with van der Waals surface area (Å²) < 4.78 is 11.3. The maximum absolute atomic E-state index is 5.95. The lowest BCUT2D eigenvalue weighted by Gasteiger charge is -2.13. The SMILES string of the molecule is COc1cc(C)ccc1Oc1cc(CN)ccc1C. The van der Waals surface area contributed by atoms with Gasteiger partial charge in [-0.1, -0.05) is 18.2 Å². The Balaban J connectivity index is 2.35. The molecule has 0 heterocycles. The third-order valence-corrected chi connectivity index (χ3v) is 3.03. The molecule has 0 amide bonds. The van der Waals surface area contributed by atoms with Crippen molar-refractivity contribution in [1.29, 1.82) is 0 Å². The summed E-state index contributed by atoms with van der Waals surface area (Å²) in [6.07, 6.45) is 0. The Morgan fingerprint density at radius 3 is 2.42 bits per heavy atom. The Labute approximate surface area is 114 Å². The molecule has 0 saturated heterocycles. The first kappa shape index (κ1) is 13.4. The molecule has 2 rings (SSSR count). The van der Waals surface area contributed by atoms with Crippen LogP contribution < -0.4 is 15.2 Å². The van der Waals surface area contributed by atoms with E-state index in [4.69, 9.17) is 15.2 Å². The first-order valence-corrected chi connectivity index (χ1v) is 6.26. The third kappa shape index (κ3) is 3.06. The predicted octanol–water partition coefficient (Wildman–Crippen LogP) is 3.56. The number of hydrogen-bond donors (Lipinski definition) is 1. The first-order chi connectivity index (χ1) is 9.13. The summed E-state index contributed by atoms with van der Waals surface area (Å²) in [5, 5.41) is 0. The molecule has 100 valence electrons. The molecular weight excluding hydrogens is 238 g/mol. The van der Waals surface area contributed by atoms with Crippen LogP contribution in [0, 0.1) is 13.8 Å². The highest BCUT2D eigenvalue weighted by molar-refractivity contribution is 5.47. The van der Waals surface area contributed by atoms with Crippen LogP contribution in [0.2, 0.25) is 0 Å². The van der Waals surface area contributed by atoms with Gasteiger partial charge in [-0.15, -0.1) is 0 Å². The van der Waals surface area contributed by atoms with E-state index in [2.05, 4.69) is 0 Å². The van der Waals surface area contributed by atoms with Crippen LogP contribution in [0.4, 0.5) is 0 Å². The number of nitrogens with two attached hydrogens (primary N) is 1. The summed E-state index contributed by atoms with van der Waals surface area (Å²) in [4.78, 5) is 0. The van der Waals surface area contributed by atoms with E-state index in [9.17, 15) is 0 Å². The molecule has 2 N–H and O–H groups in total. The molecule has 0 aliphatic heterocycles. The van der Waals surface area contributed by atoms with E-state index in [1.54, 1.807) is 7.11 Å². The monoisotopic (exact) mass is 257 g/mol. The van der Waals surface area contributed by atoms with Crippen molar-refractivity contribution in [2.45, 2.75) is 20.4 Å². The largest absolute Gasteiger partial charge is 0.493 e. The standard InChI is InChI=1S/C16H19NO2/c1-11-4-7-14(16(8-11)18-3)19-15-9-13(10-17)6-5-12(15)2/h4-9H,10,17H2,1-3H3. The minimum absolute atomic E-state index is 0.502. The molecule has 0 bridgehead atoms. The maximum atomic E-state index is 5.95. The van der Waals surface area contributed by atoms with Gasteiger partial charge in [0.25, 0.3) is 0 Å². The lowest BCUT2D eigenvalue weighted by Crippen LogP contribution is -1.98. The molecule has 0 fully saturated rings. The van der Waals surface area contributed by atoms with Gasteiger partial charge in [0.05, 0.1) is 7.11 Å². The third-order valence-electron chi connectivity index (χ3n) is 3.03. The van der Waals surface area contributed by atoms with Crippen LogP contribution in [0.25, 0.3) is 0 Å². The summed E-state index contributed by atoms with van der Waals surface area (Å²) in [5.74, 6) is 2.26. The zero-order valence-electron chi connectivity index (χ0n) is 11.6. The van der Waals surface area contributed by atoms with Crippen molar-refractivity contribution < 1.29 is 9.47 Å². The van der Waals surface area contributed by atoms with Gasteiger partial charge in [0, 0.05) is 6.54 Å². The second-order valence-electron chi connectivity index (χ2n) is 4.56. The van der Waals surface area contributed by atoms with Crippen LogP contribution in [-0.2, 0) is 6.54 Å². The number of rotatable bonds is 4. The molecule has 3 heteroatoms. The van der Waals surface area contributed by atoms with E-state index in [1.807, 2.05) is 50.2 Å². The summed E-state index contributed by atoms with van der Waals surface area (Å²) in [5.41, 5.74) is 8.91. The van der Waals surface area contributed by atoms with Crippen LogP contribution in [0.1, 0.15) is 16.7 Å². The van der Waals surface area contributed by atoms with Gasteiger partial charge in [0.2, 0.25) is 0 Å². The van der Waals surface area contributed by atoms with Crippen molar-refractivity contribution >= 4 is 0 Å². The molecule has 0 radical (unpaired) electrons. The first-order valence-electron chi connectivity index (χ1n) is 6.26. The van der Waals surface area contributed by atoms with Gasteiger partial charge in [-0.3, -0.25) is 0 Å². The van der Waals surface area contributed by atoms with Crippen molar-refractivity contribution in [2.75, 3.05) is 7.11 Å². The maximum Gasteiger partial charge on any atom is 0.169 e. The van der Waals surface area contributed by atoms with Gasteiger partial charge in [-0.05, 0) is 48.7 Å². The lowest BCUT2D eigenvalue weighted by atomic mass is 10.1. The van der Waals surface area contributed by atoms with Crippen LogP contribution in [0.15, 0.2) is 36.4 Å². The minimum Gasteiger partial charge on any atom is -0.493 e. The average molecular weight is 257 g/mol. The van der Waals surface area contributed by atoms with Crippen molar-refractivity contribution in [3.8, 4) is 17.2 Å². The van der Waals surface area contributed by atoms with Gasteiger partial charge < -0.3 is 15.2 Å². The Morgan fingerprint density at radius 1 is 0.947 bits per heavy atom. The predicted molar refractivity (Wildman–Crippen MR) is 76.9 cm³/mol. The Morgan fingerprint density at radius 2 is 1.74 bits per heavy atom. The summed E-state index contributed by atoms with van der Waals surface area (Å²) in [7, 11) is 1.64. The molecule has 0 spiro atoms. The number of methoxy groups -OCH3 is 1. The van der Waals surface area contributed by atoms with Crippen molar-refractivity contribution in [3.63, 3.8) is 0 Å². The van der Waals surface area contributed by atoms with E-state index in [1.165, 1.54) is 0 Å². The number of aryl methyl sites for hydroxylation is 2. The quantitative estimate of drug-likeness (QED) is 0.910. The normalized spacial score (nSPS) is 10.3. The minimum atomic E-state index is 0.502. The van der Waals surface area contributed by atoms with Gasteiger partial charge in [-0.25, -0.2) is 0 Å². The molecule has 0 aromatic heterocycles. The zero-order valence-corrected chi connectivity index (χ0v) is 11.6. The van der Waals surface area contributed by atoms with Crippen molar-refractivity contribution in [2.24, 2.45) is 5.73 Å². The molecule has 2 aromatic carbocycles. The molecular formula is C16H19NO2. The fourth-order valence-electron chi connectivity index (χ4n) is 1.86. The Bertz CT molecular complexity index is 579. The van der Waals surface area contributed by atoms with Crippen molar-refractivity contribution in [1.82, 2.24) is 0 Å². The summed E-state index contributed by atoms with van der Waals surface area (Å²) >= 11 is 0. The highest BCUT2D eigenvalue weighted by Gasteiger charge is 2.08. The highest BCUT2D eigenvalue weighted by Crippen LogP contribution is 2.33. The molecule has 3 nitrogen and oxygen atoms in total. The molecule has 0 atom stereocenters. The highest BCUT2D eigenvalue weighted by atomic mass is 16.5. The van der Waals surface area contributed by atoms with E-state index in [0.29, 0.717) is 12.3 Å². The average Bonchev–Trinajstić information content (AvgIpc) is 2.43. The van der Waals surface area contributed by atoms with E-state index < -0.39 is 0 Å². The van der Waals surface area contributed by atoms with Crippen LogP contribution in [-0.4, -0.2) is 7.11 Å². The van der Waals surface area contributed by atoms with Crippen LogP contribution in [0.5, 0.6) is 17.2 Å². The zero-order chi connectivity index (χ0) is 13.8. The molecule has 0 aliphatic rings. The van der Waals surface area contributed by atoms with E-state index >= 15 is 0 Å². The Kier molecular flexibility index (Phi) is 4.07. The van der Waals surface area contributed by atoms with Gasteiger partial charge in [-0.2, -0.15) is 0 Å². The summed E-state index contributed by atoms with van der Waals surface area (Å²) in [6, 6.07) is 11.9. The van der Waals surface area contributed by atoms with E-state index in [0.717, 1.165) is 28.2 Å². The van der Waals surface area contributed by atoms with Crippen LogP contribution >= 0.6 is 0 Å². The van der Waals surface area contributed by atoms with Gasteiger partial charge >= 0.3 is 0 Å². The molecule has 0 saturated carbocycles. The Hall–Kier alpha value is -2.00. The fraction of sp³-hybridized carbons (Fsp3) is 0.250. The van der Waals surface area contributed by atoms with Crippen LogP contribution in [0.3, 0.4) is 0 Å². The second kappa shape index (κ2) is 5.76. The topological polar surface area (TPSA) is 44.5 Å².